The maximum Gasteiger partial charge on any atom is 0.311 e. The maximum absolute atomic E-state index is 11.0. The van der Waals surface area contributed by atoms with Gasteiger partial charge >= 0.3 is 5.69 Å². The van der Waals surface area contributed by atoms with E-state index in [9.17, 15) is 10.1 Å². The molecule has 1 heterocycles. The molecule has 1 aromatic heterocycles. The van der Waals surface area contributed by atoms with Crippen molar-refractivity contribution in [2.75, 3.05) is 7.11 Å². The summed E-state index contributed by atoms with van der Waals surface area (Å²) in [5.74, 6) is -0.0852. The molecule has 9 heteroatoms. The number of nitrogen functional groups attached to an aromatic ring is 1. The van der Waals surface area contributed by atoms with Crippen molar-refractivity contribution in [3.8, 4) is 17.4 Å². The van der Waals surface area contributed by atoms with Crippen molar-refractivity contribution in [3.63, 3.8) is 0 Å². The number of nitrogens with zero attached hydrogens (tertiary/aromatic N) is 3. The molecule has 0 atom stereocenters. The highest BCUT2D eigenvalue weighted by Gasteiger charge is 2.19. The first-order valence-corrected chi connectivity index (χ1v) is 5.69. The summed E-state index contributed by atoms with van der Waals surface area (Å²) >= 11 is 0. The summed E-state index contributed by atoms with van der Waals surface area (Å²) in [5.41, 5.74) is 5.31. The zero-order valence-electron chi connectivity index (χ0n) is 10.9. The fourth-order valence-corrected chi connectivity index (χ4v) is 1.56. The summed E-state index contributed by atoms with van der Waals surface area (Å²) in [6.45, 7) is 0. The molecule has 0 bridgehead atoms. The molecule has 2 aromatic rings. The molecule has 108 valence electrons. The average molecular weight is 289 g/mol. The van der Waals surface area contributed by atoms with Gasteiger partial charge in [-0.2, -0.15) is 5.10 Å². The number of methoxy groups -OCH3 is 1. The van der Waals surface area contributed by atoms with Gasteiger partial charge < -0.3 is 15.2 Å². The third-order valence-electron chi connectivity index (χ3n) is 2.55. The molecular weight excluding hydrogens is 278 g/mol. The molecule has 0 saturated heterocycles. The monoisotopic (exact) mass is 289 g/mol. The number of nitro benzene ring substituents is 1. The van der Waals surface area contributed by atoms with Crippen LogP contribution in [0.4, 0.5) is 5.69 Å². The van der Waals surface area contributed by atoms with Crippen molar-refractivity contribution in [1.29, 1.82) is 5.41 Å². The van der Waals surface area contributed by atoms with Crippen LogP contribution in [0, 0.1) is 15.5 Å². The molecule has 0 spiro atoms. The number of nitrogens with two attached hydrogens (primary N) is 1. The van der Waals surface area contributed by atoms with Crippen LogP contribution in [0.15, 0.2) is 30.5 Å². The molecule has 21 heavy (non-hydrogen) atoms. The second-order valence-electron chi connectivity index (χ2n) is 3.86. The molecular formula is C12H11N5O4. The minimum Gasteiger partial charge on any atom is -0.497 e. The molecule has 0 amide bonds. The Balaban J connectivity index is 2.48. The predicted octanol–water partition coefficient (Wildman–Crippen LogP) is 1.47. The van der Waals surface area contributed by atoms with Crippen LogP contribution in [0.25, 0.3) is 0 Å². The lowest BCUT2D eigenvalue weighted by Crippen LogP contribution is -2.13. The Hall–Kier alpha value is -3.23. The van der Waals surface area contributed by atoms with Crippen molar-refractivity contribution >= 4 is 11.5 Å². The maximum atomic E-state index is 11.0. The Morgan fingerprint density at radius 3 is 2.81 bits per heavy atom. The highest BCUT2D eigenvalue weighted by atomic mass is 16.6. The second-order valence-corrected chi connectivity index (χ2v) is 3.86. The fraction of sp³-hybridized carbons (Fsp3) is 0.0833. The molecule has 0 fully saturated rings. The van der Waals surface area contributed by atoms with E-state index in [1.54, 1.807) is 0 Å². The minimum absolute atomic E-state index is 0.0812. The number of aromatic nitrogens is 2. The average Bonchev–Trinajstić information content (AvgIpc) is 2.47. The number of amidine groups is 1. The van der Waals surface area contributed by atoms with Crippen LogP contribution in [0.2, 0.25) is 0 Å². The number of benzene rings is 1. The lowest BCUT2D eigenvalue weighted by atomic mass is 10.2. The SMILES string of the molecule is COc1ccc([N+](=O)[O-])c(Oc2nnccc2C(=N)N)c1. The first-order chi connectivity index (χ1) is 10.0. The van der Waals surface area contributed by atoms with Crippen molar-refractivity contribution < 1.29 is 14.4 Å². The first kappa shape index (κ1) is 14.2. The van der Waals surface area contributed by atoms with Gasteiger partial charge in [-0.1, -0.05) is 0 Å². The Kier molecular flexibility index (Phi) is 3.93. The number of hydrogen-bond acceptors (Lipinski definition) is 7. The molecule has 9 nitrogen and oxygen atoms in total. The Morgan fingerprint density at radius 2 is 2.19 bits per heavy atom. The third kappa shape index (κ3) is 3.03. The lowest BCUT2D eigenvalue weighted by molar-refractivity contribution is -0.385. The van der Waals surface area contributed by atoms with E-state index in [4.69, 9.17) is 20.6 Å². The van der Waals surface area contributed by atoms with Gasteiger partial charge in [0.1, 0.15) is 11.6 Å². The van der Waals surface area contributed by atoms with Gasteiger partial charge in [0, 0.05) is 12.1 Å². The van der Waals surface area contributed by atoms with Crippen molar-refractivity contribution in [2.24, 2.45) is 5.73 Å². The number of hydrogen-bond donors (Lipinski definition) is 2. The van der Waals surface area contributed by atoms with Gasteiger partial charge in [-0.05, 0) is 12.1 Å². The summed E-state index contributed by atoms with van der Waals surface area (Å²) in [5, 5.41) is 25.7. The van der Waals surface area contributed by atoms with Gasteiger partial charge in [0.2, 0.25) is 11.6 Å². The summed E-state index contributed by atoms with van der Waals surface area (Å²) in [4.78, 5) is 10.4. The fourth-order valence-electron chi connectivity index (χ4n) is 1.56. The van der Waals surface area contributed by atoms with Crippen LogP contribution >= 0.6 is 0 Å². The number of nitro groups is 1. The smallest absolute Gasteiger partial charge is 0.311 e. The van der Waals surface area contributed by atoms with Crippen LogP contribution < -0.4 is 15.2 Å². The Bertz CT molecular complexity index is 704. The quantitative estimate of drug-likeness (QED) is 0.368. The zero-order valence-corrected chi connectivity index (χ0v) is 10.9. The van der Waals surface area contributed by atoms with Crippen LogP contribution in [0.5, 0.6) is 17.4 Å². The summed E-state index contributed by atoms with van der Waals surface area (Å²) in [6.07, 6.45) is 1.34. The van der Waals surface area contributed by atoms with Gasteiger partial charge in [-0.15, -0.1) is 5.10 Å². The van der Waals surface area contributed by atoms with Gasteiger partial charge in [0.15, 0.2) is 0 Å². The van der Waals surface area contributed by atoms with E-state index >= 15 is 0 Å². The summed E-state index contributed by atoms with van der Waals surface area (Å²) in [7, 11) is 1.42. The van der Waals surface area contributed by atoms with E-state index in [1.807, 2.05) is 0 Å². The highest BCUT2D eigenvalue weighted by Crippen LogP contribution is 2.34. The summed E-state index contributed by atoms with van der Waals surface area (Å²) < 4.78 is 10.4. The third-order valence-corrected chi connectivity index (χ3v) is 2.55. The standard InChI is InChI=1S/C12H11N5O4/c1-20-7-2-3-9(17(18)19)10(6-7)21-12-8(11(13)14)4-5-15-16-12/h2-6H,1H3,(H3,13,14). The van der Waals surface area contributed by atoms with Crippen molar-refractivity contribution in [1.82, 2.24) is 10.2 Å². The minimum atomic E-state index is -0.599. The largest absolute Gasteiger partial charge is 0.497 e. The van der Waals surface area contributed by atoms with E-state index in [2.05, 4.69) is 10.2 Å². The van der Waals surface area contributed by atoms with E-state index in [1.165, 1.54) is 37.6 Å². The van der Waals surface area contributed by atoms with Gasteiger partial charge in [0.05, 0.1) is 23.8 Å². The van der Waals surface area contributed by atoms with Crippen LogP contribution in [0.3, 0.4) is 0 Å². The van der Waals surface area contributed by atoms with E-state index in [0.717, 1.165) is 0 Å². The lowest BCUT2D eigenvalue weighted by Gasteiger charge is -2.09. The second kappa shape index (κ2) is 5.82. The molecule has 1 aromatic carbocycles. The molecule has 3 N–H and O–H groups in total. The van der Waals surface area contributed by atoms with Gasteiger partial charge in [-0.25, -0.2) is 0 Å². The van der Waals surface area contributed by atoms with Gasteiger partial charge in [-0.3, -0.25) is 15.5 Å². The van der Waals surface area contributed by atoms with Crippen LogP contribution in [0.1, 0.15) is 5.56 Å². The predicted molar refractivity (Wildman–Crippen MR) is 72.8 cm³/mol. The molecule has 0 aliphatic heterocycles. The van der Waals surface area contributed by atoms with Crippen molar-refractivity contribution in [3.05, 3.63) is 46.1 Å². The zero-order chi connectivity index (χ0) is 15.4. The molecule has 0 aliphatic rings. The summed E-state index contributed by atoms with van der Waals surface area (Å²) in [6, 6.07) is 5.46. The highest BCUT2D eigenvalue weighted by molar-refractivity contribution is 5.97. The molecule has 0 saturated carbocycles. The normalized spacial score (nSPS) is 9.95. The molecule has 0 aliphatic carbocycles. The van der Waals surface area contributed by atoms with E-state index < -0.39 is 4.92 Å². The van der Waals surface area contributed by atoms with E-state index in [0.29, 0.717) is 5.75 Å². The molecule has 0 radical (unpaired) electrons. The molecule has 0 unspecified atom stereocenters. The van der Waals surface area contributed by atoms with Gasteiger partial charge in [0.25, 0.3) is 0 Å². The number of rotatable bonds is 5. The van der Waals surface area contributed by atoms with Crippen LogP contribution in [-0.4, -0.2) is 28.1 Å². The topological polar surface area (TPSA) is 137 Å². The first-order valence-electron chi connectivity index (χ1n) is 5.69. The van der Waals surface area contributed by atoms with Crippen molar-refractivity contribution in [2.45, 2.75) is 0 Å². The van der Waals surface area contributed by atoms with Crippen LogP contribution in [-0.2, 0) is 0 Å². The van der Waals surface area contributed by atoms with E-state index in [-0.39, 0.29) is 28.7 Å². The Morgan fingerprint density at radius 1 is 1.43 bits per heavy atom. The number of nitrogens with one attached hydrogen (secondary N) is 1. The Labute approximate surface area is 119 Å². The molecule has 2 rings (SSSR count). The number of ether oxygens (including phenoxy) is 2.